The van der Waals surface area contributed by atoms with Crippen LogP contribution in [0.4, 0.5) is 10.1 Å². The van der Waals surface area contributed by atoms with Gasteiger partial charge in [0.15, 0.2) is 6.61 Å². The van der Waals surface area contributed by atoms with Crippen LogP contribution in [0.15, 0.2) is 48.5 Å². The molecule has 0 aliphatic heterocycles. The van der Waals surface area contributed by atoms with Crippen molar-refractivity contribution in [2.24, 2.45) is 0 Å². The molecule has 6 nitrogen and oxygen atoms in total. The Morgan fingerprint density at radius 1 is 1.12 bits per heavy atom. The van der Waals surface area contributed by atoms with Gasteiger partial charge in [0.05, 0.1) is 11.4 Å². The van der Waals surface area contributed by atoms with Crippen LogP contribution >= 0.6 is 0 Å². The molecule has 3 rings (SSSR count). The maximum Gasteiger partial charge on any atom is 0.331 e. The van der Waals surface area contributed by atoms with Gasteiger partial charge in [-0.25, -0.2) is 13.9 Å². The Morgan fingerprint density at radius 3 is 2.53 bits per heavy atom. The highest BCUT2D eigenvalue weighted by Gasteiger charge is 2.13. The summed E-state index contributed by atoms with van der Waals surface area (Å²) in [5.41, 5.74) is 5.70. The first-order valence-electron chi connectivity index (χ1n) is 10.4. The number of ether oxygens (including phenoxy) is 1. The third-order valence-electron chi connectivity index (χ3n) is 5.15. The van der Waals surface area contributed by atoms with E-state index in [1.807, 2.05) is 45.9 Å². The molecule has 0 fully saturated rings. The lowest BCUT2D eigenvalue weighted by Crippen LogP contribution is -2.21. The van der Waals surface area contributed by atoms with Crippen molar-refractivity contribution < 1.29 is 18.7 Å². The molecule has 0 atom stereocenters. The van der Waals surface area contributed by atoms with E-state index in [0.29, 0.717) is 11.4 Å². The highest BCUT2D eigenvalue weighted by molar-refractivity contribution is 5.95. The summed E-state index contributed by atoms with van der Waals surface area (Å²) < 4.78 is 20.0. The number of halogens is 1. The molecular formula is C25H26FN3O3. The van der Waals surface area contributed by atoms with Gasteiger partial charge in [-0.15, -0.1) is 0 Å². The number of rotatable bonds is 7. The second-order valence-electron chi connectivity index (χ2n) is 7.42. The molecule has 7 heteroatoms. The van der Waals surface area contributed by atoms with E-state index in [2.05, 4.69) is 10.4 Å². The van der Waals surface area contributed by atoms with Crippen molar-refractivity contribution in [1.82, 2.24) is 9.78 Å². The molecule has 0 aliphatic rings. The molecule has 1 amide bonds. The van der Waals surface area contributed by atoms with E-state index in [1.54, 1.807) is 22.9 Å². The number of hydrogen-bond donors (Lipinski definition) is 1. The predicted octanol–water partition coefficient (Wildman–Crippen LogP) is 4.69. The first kappa shape index (κ1) is 22.9. The van der Waals surface area contributed by atoms with Gasteiger partial charge in [0.1, 0.15) is 5.82 Å². The molecule has 0 spiro atoms. The van der Waals surface area contributed by atoms with E-state index in [-0.39, 0.29) is 12.4 Å². The summed E-state index contributed by atoms with van der Waals surface area (Å²) in [7, 11) is 0. The molecule has 0 radical (unpaired) electrons. The summed E-state index contributed by atoms with van der Waals surface area (Å²) in [4.78, 5) is 24.4. The van der Waals surface area contributed by atoms with Crippen LogP contribution in [0, 0.1) is 26.6 Å². The van der Waals surface area contributed by atoms with Crippen LogP contribution in [0.1, 0.15) is 35.0 Å². The lowest BCUT2D eigenvalue weighted by Gasteiger charge is -2.12. The maximum atomic E-state index is 13.2. The fraction of sp³-hybridized carbons (Fsp3) is 0.240. The zero-order valence-electron chi connectivity index (χ0n) is 18.6. The lowest BCUT2D eigenvalue weighted by molar-refractivity contribution is -0.142. The van der Waals surface area contributed by atoms with Gasteiger partial charge in [0.25, 0.3) is 5.91 Å². The van der Waals surface area contributed by atoms with E-state index in [9.17, 15) is 14.0 Å². The second kappa shape index (κ2) is 10.0. The number of carbonyl (C=O) groups excluding carboxylic acids is 2. The van der Waals surface area contributed by atoms with Crippen molar-refractivity contribution in [3.8, 4) is 5.69 Å². The molecule has 32 heavy (non-hydrogen) atoms. The zero-order chi connectivity index (χ0) is 23.3. The SMILES string of the molecule is CCc1cccc(C)c1NC(=O)COC(=O)/C=C/c1c(C)nn(-c2ccc(F)cc2)c1C. The van der Waals surface area contributed by atoms with Gasteiger partial charge in [-0.05, 0) is 68.7 Å². The number of hydrogen-bond acceptors (Lipinski definition) is 4. The minimum Gasteiger partial charge on any atom is -0.452 e. The molecule has 1 aromatic heterocycles. The van der Waals surface area contributed by atoms with Gasteiger partial charge in [-0.3, -0.25) is 4.79 Å². The van der Waals surface area contributed by atoms with Gasteiger partial charge in [0, 0.05) is 23.0 Å². The number of anilines is 1. The molecule has 1 N–H and O–H groups in total. The largest absolute Gasteiger partial charge is 0.452 e. The fourth-order valence-electron chi connectivity index (χ4n) is 3.44. The Labute approximate surface area is 186 Å². The quantitative estimate of drug-likeness (QED) is 0.432. The van der Waals surface area contributed by atoms with Crippen molar-refractivity contribution in [2.45, 2.75) is 34.1 Å². The summed E-state index contributed by atoms with van der Waals surface area (Å²) in [6.45, 7) is 7.22. The molecule has 1 heterocycles. The summed E-state index contributed by atoms with van der Waals surface area (Å²) in [6, 6.07) is 11.8. The molecular weight excluding hydrogens is 409 g/mol. The molecule has 3 aromatic rings. The normalized spacial score (nSPS) is 11.0. The number of nitrogens with zero attached hydrogens (tertiary/aromatic N) is 2. The summed E-state index contributed by atoms with van der Waals surface area (Å²) in [5, 5.41) is 7.28. The average Bonchev–Trinajstić information content (AvgIpc) is 3.06. The van der Waals surface area contributed by atoms with Crippen molar-refractivity contribution in [2.75, 3.05) is 11.9 Å². The summed E-state index contributed by atoms with van der Waals surface area (Å²) >= 11 is 0. The molecule has 166 valence electrons. The van der Waals surface area contributed by atoms with Crippen LogP contribution in [-0.4, -0.2) is 28.3 Å². The molecule has 2 aromatic carbocycles. The number of amides is 1. The zero-order valence-corrected chi connectivity index (χ0v) is 18.6. The van der Waals surface area contributed by atoms with Crippen LogP contribution in [-0.2, 0) is 20.7 Å². The highest BCUT2D eigenvalue weighted by Crippen LogP contribution is 2.21. The monoisotopic (exact) mass is 435 g/mol. The number of benzene rings is 2. The first-order chi connectivity index (χ1) is 15.3. The minimum atomic E-state index is -0.631. The smallest absolute Gasteiger partial charge is 0.331 e. The van der Waals surface area contributed by atoms with Crippen molar-refractivity contribution in [1.29, 1.82) is 0 Å². The van der Waals surface area contributed by atoms with Crippen LogP contribution in [0.2, 0.25) is 0 Å². The lowest BCUT2D eigenvalue weighted by atomic mass is 10.1. The second-order valence-corrected chi connectivity index (χ2v) is 7.42. The Balaban J connectivity index is 1.63. The number of aryl methyl sites for hydroxylation is 3. The number of carbonyl (C=O) groups is 2. The van der Waals surface area contributed by atoms with Gasteiger partial charge in [-0.2, -0.15) is 5.10 Å². The van der Waals surface area contributed by atoms with Crippen molar-refractivity contribution >= 4 is 23.6 Å². The summed E-state index contributed by atoms with van der Waals surface area (Å²) in [6.07, 6.45) is 3.66. The molecule has 0 saturated heterocycles. The first-order valence-corrected chi connectivity index (χ1v) is 10.4. The van der Waals surface area contributed by atoms with E-state index < -0.39 is 11.9 Å². The predicted molar refractivity (Wildman–Crippen MR) is 122 cm³/mol. The third kappa shape index (κ3) is 5.29. The third-order valence-corrected chi connectivity index (χ3v) is 5.15. The fourth-order valence-corrected chi connectivity index (χ4v) is 3.44. The molecule has 0 aliphatic carbocycles. The number of aromatic nitrogens is 2. The van der Waals surface area contributed by atoms with Crippen LogP contribution < -0.4 is 5.32 Å². The van der Waals surface area contributed by atoms with E-state index >= 15 is 0 Å². The Bertz CT molecular complexity index is 1160. The van der Waals surface area contributed by atoms with Gasteiger partial charge in [0.2, 0.25) is 0 Å². The van der Waals surface area contributed by atoms with Gasteiger partial charge < -0.3 is 10.1 Å². The van der Waals surface area contributed by atoms with Gasteiger partial charge >= 0.3 is 5.97 Å². The number of esters is 1. The standard InChI is InChI=1S/C25H26FN3O3/c1-5-19-8-6-7-16(2)25(19)27-23(30)15-32-24(31)14-13-22-17(3)28-29(18(22)4)21-11-9-20(26)10-12-21/h6-14H,5,15H2,1-4H3,(H,27,30)/b14-13+. The Morgan fingerprint density at radius 2 is 1.84 bits per heavy atom. The van der Waals surface area contributed by atoms with Gasteiger partial charge in [-0.1, -0.05) is 25.1 Å². The molecule has 0 bridgehead atoms. The van der Waals surface area contributed by atoms with Crippen molar-refractivity contribution in [3.63, 3.8) is 0 Å². The van der Waals surface area contributed by atoms with Crippen LogP contribution in [0.25, 0.3) is 11.8 Å². The van der Waals surface area contributed by atoms with E-state index in [1.165, 1.54) is 18.2 Å². The highest BCUT2D eigenvalue weighted by atomic mass is 19.1. The van der Waals surface area contributed by atoms with Crippen LogP contribution in [0.3, 0.4) is 0 Å². The van der Waals surface area contributed by atoms with E-state index in [0.717, 1.165) is 34.5 Å². The number of para-hydroxylation sites is 1. The molecule has 0 unspecified atom stereocenters. The summed E-state index contributed by atoms with van der Waals surface area (Å²) in [5.74, 6) is -1.35. The average molecular weight is 435 g/mol. The minimum absolute atomic E-state index is 0.324. The van der Waals surface area contributed by atoms with E-state index in [4.69, 9.17) is 4.74 Å². The topological polar surface area (TPSA) is 73.2 Å². The Hall–Kier alpha value is -3.74. The van der Waals surface area contributed by atoms with Crippen LogP contribution in [0.5, 0.6) is 0 Å². The molecule has 0 saturated carbocycles. The Kier molecular flexibility index (Phi) is 7.20. The maximum absolute atomic E-state index is 13.2. The van der Waals surface area contributed by atoms with Crippen molar-refractivity contribution in [3.05, 3.63) is 82.4 Å². The number of nitrogens with one attached hydrogen (secondary N) is 1.